The van der Waals surface area contributed by atoms with Gasteiger partial charge in [-0.1, -0.05) is 0 Å². The summed E-state index contributed by atoms with van der Waals surface area (Å²) in [6.07, 6.45) is -4.03. The Bertz CT molecular complexity index is 356. The van der Waals surface area contributed by atoms with E-state index in [1.54, 1.807) is 0 Å². The molecule has 0 aliphatic carbocycles. The summed E-state index contributed by atoms with van der Waals surface area (Å²) in [7, 11) is -0.856. The minimum atomic E-state index is -4.54. The molecule has 0 radical (unpaired) electrons. The third-order valence-corrected chi connectivity index (χ3v) is 1.67. The Labute approximate surface area is 83.5 Å². The summed E-state index contributed by atoms with van der Waals surface area (Å²) in [6, 6.07) is 0.655. The van der Waals surface area contributed by atoms with E-state index in [0.29, 0.717) is 12.3 Å². The molecule has 0 saturated carbocycles. The van der Waals surface area contributed by atoms with Gasteiger partial charge < -0.3 is 14.8 Å². The standard InChI is InChI=1S/C7H7BF3NO3/c1-15-5-2-4(7(9,10)11)3-12-6(5)8(13)14/h2-3,13-14H,1H3. The molecule has 0 bridgehead atoms. The Morgan fingerprint density at radius 2 is 2.00 bits per heavy atom. The van der Waals surface area contributed by atoms with E-state index < -0.39 is 18.9 Å². The van der Waals surface area contributed by atoms with Crippen molar-refractivity contribution >= 4 is 12.7 Å². The van der Waals surface area contributed by atoms with Crippen molar-refractivity contribution in [2.75, 3.05) is 7.11 Å². The number of alkyl halides is 3. The minimum Gasteiger partial charge on any atom is -0.495 e. The maximum atomic E-state index is 12.2. The highest BCUT2D eigenvalue weighted by molar-refractivity contribution is 6.58. The van der Waals surface area contributed by atoms with Crippen LogP contribution in [0.5, 0.6) is 5.75 Å². The lowest BCUT2D eigenvalue weighted by molar-refractivity contribution is -0.137. The molecule has 15 heavy (non-hydrogen) atoms. The van der Waals surface area contributed by atoms with Gasteiger partial charge in [-0.25, -0.2) is 0 Å². The van der Waals surface area contributed by atoms with Gasteiger partial charge in [0, 0.05) is 6.20 Å². The normalized spacial score (nSPS) is 11.3. The predicted octanol–water partition coefficient (Wildman–Crippen LogP) is -0.211. The zero-order valence-corrected chi connectivity index (χ0v) is 7.62. The molecule has 0 aliphatic rings. The lowest BCUT2D eigenvalue weighted by atomic mass is 9.84. The number of methoxy groups -OCH3 is 1. The largest absolute Gasteiger partial charge is 0.512 e. The molecule has 1 aromatic heterocycles. The van der Waals surface area contributed by atoms with E-state index in [4.69, 9.17) is 10.0 Å². The molecule has 8 heteroatoms. The maximum absolute atomic E-state index is 12.2. The minimum absolute atomic E-state index is 0.320. The van der Waals surface area contributed by atoms with E-state index in [2.05, 4.69) is 9.72 Å². The van der Waals surface area contributed by atoms with Crippen molar-refractivity contribution in [2.24, 2.45) is 0 Å². The summed E-state index contributed by atoms with van der Waals surface area (Å²) in [4.78, 5) is 3.27. The smallest absolute Gasteiger partial charge is 0.495 e. The van der Waals surface area contributed by atoms with Gasteiger partial charge in [0.1, 0.15) is 11.3 Å². The van der Waals surface area contributed by atoms with E-state index in [-0.39, 0.29) is 11.3 Å². The number of aromatic nitrogens is 1. The van der Waals surface area contributed by atoms with Gasteiger partial charge in [0.2, 0.25) is 0 Å². The van der Waals surface area contributed by atoms with Gasteiger partial charge >= 0.3 is 13.3 Å². The van der Waals surface area contributed by atoms with Gasteiger partial charge in [0.15, 0.2) is 0 Å². The molecule has 0 amide bonds. The Morgan fingerprint density at radius 3 is 2.40 bits per heavy atom. The van der Waals surface area contributed by atoms with Crippen LogP contribution < -0.4 is 10.3 Å². The van der Waals surface area contributed by atoms with Crippen molar-refractivity contribution in [3.63, 3.8) is 0 Å². The number of nitrogens with zero attached hydrogens (tertiary/aromatic N) is 1. The molecule has 0 aliphatic heterocycles. The first-order chi connectivity index (χ1) is 6.86. The molecule has 4 nitrogen and oxygen atoms in total. The van der Waals surface area contributed by atoms with Gasteiger partial charge in [-0.2, -0.15) is 13.2 Å². The number of ether oxygens (including phenoxy) is 1. The first kappa shape index (κ1) is 11.8. The van der Waals surface area contributed by atoms with Gasteiger partial charge in [0.05, 0.1) is 12.7 Å². The second kappa shape index (κ2) is 4.07. The third-order valence-electron chi connectivity index (χ3n) is 1.67. The molecule has 2 N–H and O–H groups in total. The number of rotatable bonds is 2. The summed E-state index contributed by atoms with van der Waals surface area (Å²) >= 11 is 0. The van der Waals surface area contributed by atoms with Crippen LogP contribution in [-0.2, 0) is 6.18 Å². The topological polar surface area (TPSA) is 62.6 Å². The molecule has 0 spiro atoms. The summed E-state index contributed by atoms with van der Waals surface area (Å²) in [5.74, 6) is -0.320. The number of halogens is 3. The summed E-state index contributed by atoms with van der Waals surface area (Å²) in [5.41, 5.74) is -1.37. The monoisotopic (exact) mass is 221 g/mol. The molecule has 1 aromatic rings. The Morgan fingerprint density at radius 1 is 1.40 bits per heavy atom. The lowest BCUT2D eigenvalue weighted by Crippen LogP contribution is -2.34. The molecular formula is C7H7BF3NO3. The Hall–Kier alpha value is -1.28. The summed E-state index contributed by atoms with van der Waals surface area (Å²) in [5, 5.41) is 17.5. The van der Waals surface area contributed by atoms with Gasteiger partial charge in [0.25, 0.3) is 0 Å². The van der Waals surface area contributed by atoms with Gasteiger partial charge in [-0.15, -0.1) is 0 Å². The Balaban J connectivity index is 3.19. The van der Waals surface area contributed by atoms with Crippen molar-refractivity contribution in [2.45, 2.75) is 6.18 Å². The van der Waals surface area contributed by atoms with Crippen LogP contribution in [-0.4, -0.2) is 29.3 Å². The van der Waals surface area contributed by atoms with Crippen LogP contribution >= 0.6 is 0 Å². The zero-order valence-electron chi connectivity index (χ0n) is 7.62. The van der Waals surface area contributed by atoms with Crippen molar-refractivity contribution in [3.05, 3.63) is 17.8 Å². The molecule has 0 saturated heterocycles. The van der Waals surface area contributed by atoms with Crippen LogP contribution in [0.15, 0.2) is 12.3 Å². The molecule has 0 fully saturated rings. The van der Waals surface area contributed by atoms with Crippen molar-refractivity contribution < 1.29 is 28.0 Å². The fourth-order valence-electron chi connectivity index (χ4n) is 0.968. The van der Waals surface area contributed by atoms with Gasteiger partial charge in [-0.05, 0) is 6.07 Å². The first-order valence-corrected chi connectivity index (χ1v) is 3.83. The van der Waals surface area contributed by atoms with E-state index in [0.717, 1.165) is 7.11 Å². The fraction of sp³-hybridized carbons (Fsp3) is 0.286. The summed E-state index contributed by atoms with van der Waals surface area (Å²) < 4.78 is 41.2. The molecule has 0 atom stereocenters. The molecular weight excluding hydrogens is 214 g/mol. The number of pyridine rings is 1. The average molecular weight is 221 g/mol. The molecule has 1 heterocycles. The quantitative estimate of drug-likeness (QED) is 0.678. The molecule has 82 valence electrons. The second-order valence-corrected chi connectivity index (χ2v) is 2.68. The van der Waals surface area contributed by atoms with Crippen molar-refractivity contribution in [3.8, 4) is 5.75 Å². The fourth-order valence-corrected chi connectivity index (χ4v) is 0.968. The highest BCUT2D eigenvalue weighted by atomic mass is 19.4. The van der Waals surface area contributed by atoms with Crippen LogP contribution in [0.4, 0.5) is 13.2 Å². The summed E-state index contributed by atoms with van der Waals surface area (Å²) in [6.45, 7) is 0. The third kappa shape index (κ3) is 2.60. The van der Waals surface area contributed by atoms with Crippen LogP contribution in [0.1, 0.15) is 5.56 Å². The van der Waals surface area contributed by atoms with Crippen LogP contribution in [0, 0.1) is 0 Å². The van der Waals surface area contributed by atoms with E-state index in [9.17, 15) is 13.2 Å². The van der Waals surface area contributed by atoms with Crippen LogP contribution in [0.3, 0.4) is 0 Å². The highest BCUT2D eigenvalue weighted by Crippen LogP contribution is 2.29. The van der Waals surface area contributed by atoms with Gasteiger partial charge in [-0.3, -0.25) is 4.98 Å². The van der Waals surface area contributed by atoms with E-state index >= 15 is 0 Å². The predicted molar refractivity (Wildman–Crippen MR) is 45.6 cm³/mol. The van der Waals surface area contributed by atoms with E-state index in [1.165, 1.54) is 0 Å². The van der Waals surface area contributed by atoms with Crippen LogP contribution in [0.2, 0.25) is 0 Å². The average Bonchev–Trinajstić information content (AvgIpc) is 2.15. The SMILES string of the molecule is COc1cc(C(F)(F)F)cnc1B(O)O. The number of hydrogen-bond acceptors (Lipinski definition) is 4. The van der Waals surface area contributed by atoms with Crippen LogP contribution in [0.25, 0.3) is 0 Å². The van der Waals surface area contributed by atoms with Crippen molar-refractivity contribution in [1.29, 1.82) is 0 Å². The zero-order chi connectivity index (χ0) is 11.6. The molecule has 0 aromatic carbocycles. The molecule has 0 unspecified atom stereocenters. The first-order valence-electron chi connectivity index (χ1n) is 3.83. The second-order valence-electron chi connectivity index (χ2n) is 2.68. The molecule has 1 rings (SSSR count). The number of hydrogen-bond donors (Lipinski definition) is 2. The highest BCUT2D eigenvalue weighted by Gasteiger charge is 2.33. The van der Waals surface area contributed by atoms with Crippen molar-refractivity contribution in [1.82, 2.24) is 4.98 Å². The van der Waals surface area contributed by atoms with E-state index in [1.807, 2.05) is 0 Å². The maximum Gasteiger partial charge on any atom is 0.512 e. The Kier molecular flexibility index (Phi) is 3.20. The lowest BCUT2D eigenvalue weighted by Gasteiger charge is -2.10.